The van der Waals surface area contributed by atoms with Crippen LogP contribution in [0.5, 0.6) is 0 Å². The van der Waals surface area contributed by atoms with Crippen molar-refractivity contribution in [1.29, 1.82) is 0 Å². The lowest BCUT2D eigenvalue weighted by atomic mass is 10.1. The third kappa shape index (κ3) is 4.06. The third-order valence-corrected chi connectivity index (χ3v) is 6.29. The van der Waals surface area contributed by atoms with Gasteiger partial charge in [0.15, 0.2) is 0 Å². The molecule has 1 atom stereocenters. The predicted molar refractivity (Wildman–Crippen MR) is 119 cm³/mol. The molecule has 1 unspecified atom stereocenters. The quantitative estimate of drug-likeness (QED) is 0.314. The summed E-state index contributed by atoms with van der Waals surface area (Å²) in [6, 6.07) is 9.17. The molecule has 0 aliphatic rings. The molecule has 2 aromatic carbocycles. The number of carbonyl (C=O) groups excluding carboxylic acids is 2. The lowest BCUT2D eigenvalue weighted by Gasteiger charge is -2.29. The van der Waals surface area contributed by atoms with E-state index in [1.807, 2.05) is 0 Å². The Bertz CT molecular complexity index is 1340. The molecule has 3 rings (SSSR count). The highest BCUT2D eigenvalue weighted by Gasteiger charge is 2.33. The normalized spacial score (nSPS) is 12.4. The topological polar surface area (TPSA) is 129 Å². The number of sulfonamides is 1. The van der Waals surface area contributed by atoms with Crippen molar-refractivity contribution in [2.45, 2.75) is 19.9 Å². The number of carbonyl (C=O) groups is 2. The van der Waals surface area contributed by atoms with Gasteiger partial charge in [-0.15, -0.1) is 0 Å². The first-order chi connectivity index (χ1) is 15.0. The van der Waals surface area contributed by atoms with E-state index < -0.39 is 32.9 Å². The second kappa shape index (κ2) is 8.42. The van der Waals surface area contributed by atoms with Crippen molar-refractivity contribution in [3.05, 3.63) is 69.9 Å². The van der Waals surface area contributed by atoms with Gasteiger partial charge in [0.1, 0.15) is 6.04 Å². The minimum atomic E-state index is -4.02. The van der Waals surface area contributed by atoms with Crippen LogP contribution in [0, 0.1) is 17.0 Å². The molecule has 1 aromatic heterocycles. The maximum absolute atomic E-state index is 13.4. The number of nitro groups is 1. The zero-order chi connectivity index (χ0) is 23.8. The van der Waals surface area contributed by atoms with Crippen LogP contribution in [-0.4, -0.2) is 49.2 Å². The van der Waals surface area contributed by atoms with Crippen LogP contribution < -0.4 is 4.31 Å². The van der Waals surface area contributed by atoms with Crippen LogP contribution in [0.1, 0.15) is 27.6 Å². The number of hydrogen-bond donors (Lipinski definition) is 0. The lowest BCUT2D eigenvalue weighted by Crippen LogP contribution is -2.45. The summed E-state index contributed by atoms with van der Waals surface area (Å²) in [7, 11) is -2.80. The van der Waals surface area contributed by atoms with Gasteiger partial charge >= 0.3 is 5.97 Å². The summed E-state index contributed by atoms with van der Waals surface area (Å²) in [5.41, 5.74) is 0.703. The molecule has 0 fully saturated rings. The fraction of sp³-hybridized carbons (Fsp3) is 0.238. The Labute approximate surface area is 184 Å². The van der Waals surface area contributed by atoms with Crippen LogP contribution in [0.2, 0.25) is 0 Å². The number of ether oxygens (including phenoxy) is 1. The van der Waals surface area contributed by atoms with Crippen LogP contribution in [0.25, 0.3) is 10.9 Å². The maximum Gasteiger partial charge on any atom is 0.340 e. The van der Waals surface area contributed by atoms with Gasteiger partial charge in [0.2, 0.25) is 10.0 Å². The first-order valence-electron chi connectivity index (χ1n) is 9.44. The van der Waals surface area contributed by atoms with Crippen LogP contribution in [-0.2, 0) is 14.8 Å². The second-order valence-electron chi connectivity index (χ2n) is 7.22. The van der Waals surface area contributed by atoms with E-state index in [1.54, 1.807) is 31.2 Å². The predicted octanol–water partition coefficient (Wildman–Crippen LogP) is 3.14. The molecule has 0 aliphatic heterocycles. The summed E-state index contributed by atoms with van der Waals surface area (Å²) in [5.74, 6) is -1.29. The molecule has 0 saturated heterocycles. The lowest BCUT2D eigenvalue weighted by molar-refractivity contribution is -0.384. The summed E-state index contributed by atoms with van der Waals surface area (Å²) in [6.07, 6.45) is 2.22. The van der Waals surface area contributed by atoms with Gasteiger partial charge in [0.05, 0.1) is 35.1 Å². The number of benzene rings is 2. The third-order valence-electron chi connectivity index (χ3n) is 5.06. The van der Waals surface area contributed by atoms with Gasteiger partial charge in [0, 0.05) is 23.7 Å². The summed E-state index contributed by atoms with van der Waals surface area (Å²) in [4.78, 5) is 36.2. The largest absolute Gasteiger partial charge is 0.465 e. The van der Waals surface area contributed by atoms with E-state index in [-0.39, 0.29) is 16.9 Å². The number of non-ortho nitro benzene ring substituents is 1. The van der Waals surface area contributed by atoms with E-state index in [1.165, 1.54) is 36.9 Å². The van der Waals surface area contributed by atoms with Crippen LogP contribution >= 0.6 is 0 Å². The van der Waals surface area contributed by atoms with Crippen molar-refractivity contribution >= 4 is 44.2 Å². The highest BCUT2D eigenvalue weighted by Crippen LogP contribution is 2.30. The first kappa shape index (κ1) is 22.9. The fourth-order valence-electron chi connectivity index (χ4n) is 3.56. The SMILES string of the molecule is COC(=O)c1cn(C(=O)C(C)N(c2cc([N+](=O)[O-])ccc2C)S(C)(=O)=O)c2ccccc12. The molecule has 0 amide bonds. The number of esters is 1. The molecule has 0 aliphatic carbocycles. The molecule has 11 heteroatoms. The van der Waals surface area contributed by atoms with Gasteiger partial charge in [-0.25, -0.2) is 13.2 Å². The highest BCUT2D eigenvalue weighted by atomic mass is 32.2. The van der Waals surface area contributed by atoms with Crippen LogP contribution in [0.15, 0.2) is 48.7 Å². The molecule has 0 saturated carbocycles. The second-order valence-corrected chi connectivity index (χ2v) is 9.08. The molecule has 32 heavy (non-hydrogen) atoms. The number of rotatable bonds is 6. The van der Waals surface area contributed by atoms with Crippen molar-refractivity contribution in [3.63, 3.8) is 0 Å². The summed E-state index contributed by atoms with van der Waals surface area (Å²) >= 11 is 0. The smallest absolute Gasteiger partial charge is 0.340 e. The van der Waals surface area contributed by atoms with E-state index in [2.05, 4.69) is 0 Å². The number of nitro benzene ring substituents is 1. The average molecular weight is 459 g/mol. The number of para-hydroxylation sites is 1. The van der Waals surface area contributed by atoms with E-state index >= 15 is 0 Å². The Hall–Kier alpha value is -3.73. The molecular formula is C21H21N3O7S. The monoisotopic (exact) mass is 459 g/mol. The zero-order valence-electron chi connectivity index (χ0n) is 17.8. The number of anilines is 1. The number of aryl methyl sites for hydroxylation is 1. The molecule has 3 aromatic rings. The van der Waals surface area contributed by atoms with Crippen molar-refractivity contribution in [2.75, 3.05) is 17.7 Å². The van der Waals surface area contributed by atoms with Crippen molar-refractivity contribution in [2.24, 2.45) is 0 Å². The molecule has 10 nitrogen and oxygen atoms in total. The molecule has 0 N–H and O–H groups in total. The standard InChI is InChI=1S/C21H21N3O7S/c1-13-9-10-15(24(27)28)11-19(13)23(32(4,29)30)14(2)20(25)22-12-17(21(26)31-3)16-7-5-6-8-18(16)22/h5-12,14H,1-4H3. The summed E-state index contributed by atoms with van der Waals surface area (Å²) < 4.78 is 32.2. The van der Waals surface area contributed by atoms with Gasteiger partial charge in [-0.3, -0.25) is 23.8 Å². The Morgan fingerprint density at radius 3 is 2.44 bits per heavy atom. The summed E-state index contributed by atoms with van der Waals surface area (Å²) in [6.45, 7) is 2.98. The number of methoxy groups -OCH3 is 1. The van der Waals surface area contributed by atoms with Crippen LogP contribution in [0.3, 0.4) is 0 Å². The number of nitrogens with zero attached hydrogens (tertiary/aromatic N) is 3. The van der Waals surface area contributed by atoms with Crippen molar-refractivity contribution in [3.8, 4) is 0 Å². The molecule has 0 radical (unpaired) electrons. The Balaban J connectivity index is 2.17. The molecule has 0 spiro atoms. The van der Waals surface area contributed by atoms with Gasteiger partial charge in [-0.05, 0) is 25.5 Å². The van der Waals surface area contributed by atoms with E-state index in [9.17, 15) is 28.1 Å². The van der Waals surface area contributed by atoms with Gasteiger partial charge in [-0.1, -0.05) is 24.3 Å². The van der Waals surface area contributed by atoms with Crippen molar-refractivity contribution < 1.29 is 27.7 Å². The first-order valence-corrected chi connectivity index (χ1v) is 11.3. The van der Waals surface area contributed by atoms with E-state index in [0.717, 1.165) is 16.6 Å². The summed E-state index contributed by atoms with van der Waals surface area (Å²) in [5, 5.41) is 11.7. The number of hydrogen-bond acceptors (Lipinski definition) is 7. The van der Waals surface area contributed by atoms with Gasteiger partial charge in [0.25, 0.3) is 11.6 Å². The Kier molecular flexibility index (Phi) is 6.04. The minimum Gasteiger partial charge on any atom is -0.465 e. The minimum absolute atomic E-state index is 0.0206. The number of fused-ring (bicyclic) bond motifs is 1. The van der Waals surface area contributed by atoms with Gasteiger partial charge < -0.3 is 4.74 Å². The molecular weight excluding hydrogens is 438 g/mol. The number of aromatic nitrogens is 1. The molecule has 1 heterocycles. The molecule has 0 bridgehead atoms. The van der Waals surface area contributed by atoms with Gasteiger partial charge in [-0.2, -0.15) is 0 Å². The van der Waals surface area contributed by atoms with E-state index in [0.29, 0.717) is 16.5 Å². The molecule has 168 valence electrons. The highest BCUT2D eigenvalue weighted by molar-refractivity contribution is 7.92. The fourth-order valence-corrected chi connectivity index (χ4v) is 4.78. The van der Waals surface area contributed by atoms with E-state index in [4.69, 9.17) is 4.74 Å². The van der Waals surface area contributed by atoms with Crippen LogP contribution in [0.4, 0.5) is 11.4 Å². The maximum atomic E-state index is 13.4. The average Bonchev–Trinajstić information content (AvgIpc) is 3.12. The van der Waals surface area contributed by atoms with Crippen molar-refractivity contribution in [1.82, 2.24) is 4.57 Å². The Morgan fingerprint density at radius 2 is 1.84 bits per heavy atom. The Morgan fingerprint density at radius 1 is 1.19 bits per heavy atom. The zero-order valence-corrected chi connectivity index (χ0v) is 18.6.